The van der Waals surface area contributed by atoms with Crippen molar-refractivity contribution in [2.24, 2.45) is 4.99 Å². The number of rotatable bonds is 7. The Labute approximate surface area is 285 Å². The van der Waals surface area contributed by atoms with Gasteiger partial charge in [0.1, 0.15) is 41.0 Å². The number of piperidine rings is 1. The van der Waals surface area contributed by atoms with E-state index in [2.05, 4.69) is 20.9 Å². The summed E-state index contributed by atoms with van der Waals surface area (Å²) in [6.45, 7) is 3.84. The lowest BCUT2D eigenvalue weighted by Gasteiger charge is -2.38. The number of aliphatic hydroxyl groups is 1. The van der Waals surface area contributed by atoms with E-state index < -0.39 is 28.9 Å². The van der Waals surface area contributed by atoms with Crippen molar-refractivity contribution in [3.63, 3.8) is 0 Å². The summed E-state index contributed by atoms with van der Waals surface area (Å²) in [5.74, 6) is -1.00. The molecule has 0 bridgehead atoms. The van der Waals surface area contributed by atoms with Crippen LogP contribution in [0.2, 0.25) is 5.02 Å². The lowest BCUT2D eigenvalue weighted by Crippen LogP contribution is -2.46. The minimum absolute atomic E-state index is 0.0176. The maximum absolute atomic E-state index is 17.1. The first-order chi connectivity index (χ1) is 22.9. The van der Waals surface area contributed by atoms with E-state index in [9.17, 15) is 14.8 Å². The van der Waals surface area contributed by atoms with Gasteiger partial charge in [-0.2, -0.15) is 15.2 Å². The molecule has 0 aliphatic carbocycles. The molecule has 14 heteroatoms. The Morgan fingerprint density at radius 1 is 1.25 bits per heavy atom. The monoisotopic (exact) mass is 697 g/mol. The molecule has 0 amide bonds. The number of aromatic nitrogens is 2. The van der Waals surface area contributed by atoms with Gasteiger partial charge in [-0.05, 0) is 56.8 Å². The molecule has 1 N–H and O–H groups in total. The van der Waals surface area contributed by atoms with Crippen LogP contribution < -0.4 is 9.64 Å². The first-order valence-electron chi connectivity index (χ1n) is 15.9. The molecule has 48 heavy (non-hydrogen) atoms. The van der Waals surface area contributed by atoms with Crippen LogP contribution >= 0.6 is 22.9 Å². The van der Waals surface area contributed by atoms with Gasteiger partial charge in [0.2, 0.25) is 0 Å². The molecule has 5 heterocycles. The van der Waals surface area contributed by atoms with E-state index >= 15 is 8.78 Å². The Morgan fingerprint density at radius 3 is 2.79 bits per heavy atom. The Morgan fingerprint density at radius 2 is 2.04 bits per heavy atom. The first-order valence-corrected chi connectivity index (χ1v) is 17.1. The van der Waals surface area contributed by atoms with Gasteiger partial charge in [-0.3, -0.25) is 4.90 Å². The average Bonchev–Trinajstić information content (AvgIpc) is 3.69. The lowest BCUT2D eigenvalue weighted by molar-refractivity contribution is 0.0447. The van der Waals surface area contributed by atoms with Crippen molar-refractivity contribution in [2.75, 3.05) is 51.8 Å². The predicted octanol–water partition coefficient (Wildman–Crippen LogP) is 6.84. The maximum Gasteiger partial charge on any atom is 0.319 e. The largest absolute Gasteiger partial charge is 0.461 e. The molecular formula is C34H35ClF3N7O2S. The van der Waals surface area contributed by atoms with Gasteiger partial charge in [0.05, 0.1) is 32.8 Å². The summed E-state index contributed by atoms with van der Waals surface area (Å²) in [7, 11) is 3.54. The number of nitriles is 1. The number of alkyl halides is 1. The molecule has 4 aromatic rings. The molecular weight excluding hydrogens is 663 g/mol. The van der Waals surface area contributed by atoms with Crippen LogP contribution in [0.15, 0.2) is 23.2 Å². The van der Waals surface area contributed by atoms with Gasteiger partial charge in [0, 0.05) is 56.5 Å². The van der Waals surface area contributed by atoms with Crippen LogP contribution in [0.1, 0.15) is 44.6 Å². The van der Waals surface area contributed by atoms with Crippen molar-refractivity contribution < 1.29 is 23.0 Å². The Balaban J connectivity index is 1.40. The molecule has 2 aromatic heterocycles. The van der Waals surface area contributed by atoms with E-state index in [1.165, 1.54) is 18.5 Å². The Hall–Kier alpha value is -3.70. The number of hydrogen-bond donors (Lipinski definition) is 1. The normalized spacial score (nSPS) is 24.6. The quantitative estimate of drug-likeness (QED) is 0.166. The number of hydrogen-bond acceptors (Lipinski definition) is 9. The molecule has 3 saturated heterocycles. The molecule has 3 aliphatic heterocycles. The summed E-state index contributed by atoms with van der Waals surface area (Å²) in [6, 6.07) is 6.25. The third kappa shape index (κ3) is 5.72. The zero-order valence-corrected chi connectivity index (χ0v) is 28.4. The zero-order chi connectivity index (χ0) is 34.0. The molecule has 3 atom stereocenters. The van der Waals surface area contributed by atoms with Gasteiger partial charge in [-0.1, -0.05) is 17.7 Å². The smallest absolute Gasteiger partial charge is 0.319 e. The number of anilines is 1. The van der Waals surface area contributed by atoms with Gasteiger partial charge in [0.15, 0.2) is 5.82 Å². The van der Waals surface area contributed by atoms with E-state index in [1.54, 1.807) is 32.0 Å². The fourth-order valence-corrected chi connectivity index (χ4v) is 8.81. The van der Waals surface area contributed by atoms with Gasteiger partial charge >= 0.3 is 6.01 Å². The highest BCUT2D eigenvalue weighted by atomic mass is 35.5. The Bertz CT molecular complexity index is 2000. The molecule has 9 nitrogen and oxygen atoms in total. The molecule has 3 fully saturated rings. The number of thiophene rings is 1. The van der Waals surface area contributed by atoms with Crippen molar-refractivity contribution in [3.8, 4) is 23.2 Å². The SMILES string of the molecule is CN(C)/C=N/c1sc2c(F)ccc(-c3c(Cl)cc4c(N5CCC[C@@](C)(O)C5)nc(OC[C@@]56CCCN5C[C@H](F)C6)nc4c3F)c2c1C#N. The van der Waals surface area contributed by atoms with Gasteiger partial charge in [-0.25, -0.2) is 18.2 Å². The zero-order valence-electron chi connectivity index (χ0n) is 26.9. The summed E-state index contributed by atoms with van der Waals surface area (Å²) in [5.41, 5.74) is -1.28. The molecule has 0 saturated carbocycles. The molecule has 3 aliphatic rings. The van der Waals surface area contributed by atoms with E-state index in [1.807, 2.05) is 4.90 Å². The van der Waals surface area contributed by atoms with Crippen LogP contribution in [0.3, 0.4) is 0 Å². The first kappa shape index (κ1) is 32.8. The third-order valence-corrected chi connectivity index (χ3v) is 11.0. The van der Waals surface area contributed by atoms with Gasteiger partial charge in [0.25, 0.3) is 0 Å². The number of aliphatic imine (C=N–C) groups is 1. The summed E-state index contributed by atoms with van der Waals surface area (Å²) in [5, 5.41) is 21.9. The van der Waals surface area contributed by atoms with Crippen molar-refractivity contribution in [3.05, 3.63) is 40.4 Å². The fourth-order valence-electron chi connectivity index (χ4n) is 7.49. The predicted molar refractivity (Wildman–Crippen MR) is 182 cm³/mol. The van der Waals surface area contributed by atoms with E-state index in [0.29, 0.717) is 43.6 Å². The summed E-state index contributed by atoms with van der Waals surface area (Å²) < 4.78 is 53.1. The van der Waals surface area contributed by atoms with Crippen molar-refractivity contribution >= 4 is 61.1 Å². The minimum atomic E-state index is -0.999. The number of fused-ring (bicyclic) bond motifs is 3. The topological polar surface area (TPSA) is 101 Å². The second kappa shape index (κ2) is 12.3. The number of ether oxygens (including phenoxy) is 1. The molecule has 252 valence electrons. The standard InChI is InChI=1S/C34H35ClF3N7O2S/c1-33(46)8-4-10-44(16-33)30-21-12-23(35)26(20-6-7-24(37)29-25(20)22(14-39)31(48-29)40-18-43(2)3)27(38)28(21)41-32(42-30)47-17-34-9-5-11-45(34)15-19(36)13-34/h6-7,12,18-19,46H,4-5,8-11,13,15-17H2,1-3H3/b40-18+/t19-,33-,34+/m1/s1. The second-order valence-electron chi connectivity index (χ2n) is 13.6. The van der Waals surface area contributed by atoms with Crippen molar-refractivity contribution in [2.45, 2.75) is 56.3 Å². The average molecular weight is 698 g/mol. The summed E-state index contributed by atoms with van der Waals surface area (Å²) >= 11 is 7.87. The number of halogens is 4. The van der Waals surface area contributed by atoms with E-state index in [-0.39, 0.29) is 61.5 Å². The van der Waals surface area contributed by atoms with Crippen LogP contribution in [-0.2, 0) is 0 Å². The summed E-state index contributed by atoms with van der Waals surface area (Å²) in [6.07, 6.45) is 3.90. The van der Waals surface area contributed by atoms with Gasteiger partial charge < -0.3 is 19.6 Å². The van der Waals surface area contributed by atoms with Gasteiger partial charge in [-0.15, -0.1) is 11.3 Å². The van der Waals surface area contributed by atoms with Crippen LogP contribution in [0.5, 0.6) is 6.01 Å². The molecule has 0 radical (unpaired) electrons. The second-order valence-corrected chi connectivity index (χ2v) is 15.0. The van der Waals surface area contributed by atoms with E-state index in [0.717, 1.165) is 30.7 Å². The molecule has 7 rings (SSSR count). The number of β-amino-alcohol motifs (C(OH)–C–C–N with tert-alkyl or cyclic N) is 1. The van der Waals surface area contributed by atoms with Crippen molar-refractivity contribution in [1.29, 1.82) is 5.26 Å². The van der Waals surface area contributed by atoms with Crippen LogP contribution in [0.25, 0.3) is 32.1 Å². The number of benzene rings is 2. The molecule has 0 spiro atoms. The maximum atomic E-state index is 17.1. The van der Waals surface area contributed by atoms with Crippen molar-refractivity contribution in [1.82, 2.24) is 19.8 Å². The highest BCUT2D eigenvalue weighted by Crippen LogP contribution is 2.47. The van der Waals surface area contributed by atoms with E-state index in [4.69, 9.17) is 21.3 Å². The fraction of sp³-hybridized carbons (Fsp3) is 0.471. The minimum Gasteiger partial charge on any atom is -0.461 e. The molecule has 2 aromatic carbocycles. The molecule has 0 unspecified atom stereocenters. The third-order valence-electron chi connectivity index (χ3n) is 9.61. The lowest BCUT2D eigenvalue weighted by atomic mass is 9.94. The highest BCUT2D eigenvalue weighted by molar-refractivity contribution is 7.23. The summed E-state index contributed by atoms with van der Waals surface area (Å²) in [4.78, 5) is 19.3. The van der Waals surface area contributed by atoms with Crippen LogP contribution in [-0.4, -0.2) is 95.4 Å². The van der Waals surface area contributed by atoms with Crippen LogP contribution in [0, 0.1) is 23.0 Å². The van der Waals surface area contributed by atoms with Crippen LogP contribution in [0.4, 0.5) is 24.0 Å². The number of nitrogens with zero attached hydrogens (tertiary/aromatic N) is 7. The Kier molecular flexibility index (Phi) is 8.43. The highest BCUT2D eigenvalue weighted by Gasteiger charge is 2.49.